The molecular weight excluding hydrogens is 150 g/mol. The minimum absolute atomic E-state index is 0.191. The molecule has 0 heterocycles. The lowest BCUT2D eigenvalue weighted by molar-refractivity contribution is 0.156. The van der Waals surface area contributed by atoms with Crippen molar-refractivity contribution in [3.8, 4) is 0 Å². The molecule has 12 heavy (non-hydrogen) atoms. The minimum atomic E-state index is 0.191. The van der Waals surface area contributed by atoms with E-state index in [1.54, 1.807) is 7.11 Å². The topological polar surface area (TPSA) is 21.3 Å². The van der Waals surface area contributed by atoms with Gasteiger partial charge in [-0.3, -0.25) is 0 Å². The number of rotatable bonds is 5. The van der Waals surface area contributed by atoms with E-state index < -0.39 is 0 Å². The molecule has 0 aliphatic carbocycles. The summed E-state index contributed by atoms with van der Waals surface area (Å²) in [7, 11) is 3.65. The van der Waals surface area contributed by atoms with Crippen LogP contribution >= 0.6 is 0 Å². The predicted molar refractivity (Wildman–Crippen MR) is 53.3 cm³/mol. The lowest BCUT2D eigenvalue weighted by Gasteiger charge is -2.03. The first-order valence-electron chi connectivity index (χ1n) is 4.25. The molecule has 0 spiro atoms. The van der Waals surface area contributed by atoms with Crippen LogP contribution in [0.15, 0.2) is 23.8 Å². The van der Waals surface area contributed by atoms with Crippen molar-refractivity contribution in [2.75, 3.05) is 20.7 Å². The lowest BCUT2D eigenvalue weighted by Crippen LogP contribution is -2.09. The van der Waals surface area contributed by atoms with Crippen LogP contribution in [0.1, 0.15) is 13.8 Å². The Hall–Kier alpha value is -0.600. The van der Waals surface area contributed by atoms with E-state index in [2.05, 4.69) is 17.5 Å². The summed E-state index contributed by atoms with van der Waals surface area (Å²) in [5, 5.41) is 3.10. The van der Waals surface area contributed by atoms with Gasteiger partial charge in [0, 0.05) is 13.7 Å². The van der Waals surface area contributed by atoms with Gasteiger partial charge in [-0.1, -0.05) is 18.2 Å². The molecule has 1 atom stereocenters. The molecule has 1 unspecified atom stereocenters. The van der Waals surface area contributed by atoms with Gasteiger partial charge in [0.15, 0.2) is 0 Å². The molecule has 0 aliphatic rings. The zero-order valence-electron chi connectivity index (χ0n) is 8.42. The number of ether oxygens (including phenoxy) is 1. The van der Waals surface area contributed by atoms with E-state index in [0.717, 1.165) is 6.54 Å². The van der Waals surface area contributed by atoms with Crippen LogP contribution in [0.5, 0.6) is 0 Å². The summed E-state index contributed by atoms with van der Waals surface area (Å²) in [5.41, 5.74) is 1.28. The number of allylic oxidation sites excluding steroid dienone is 1. The second-order valence-electron chi connectivity index (χ2n) is 2.69. The van der Waals surface area contributed by atoms with Gasteiger partial charge < -0.3 is 10.1 Å². The molecule has 0 fully saturated rings. The second-order valence-corrected chi connectivity index (χ2v) is 2.69. The van der Waals surface area contributed by atoms with Crippen LogP contribution in [0.3, 0.4) is 0 Å². The Morgan fingerprint density at radius 3 is 2.67 bits per heavy atom. The van der Waals surface area contributed by atoms with Crippen molar-refractivity contribution < 1.29 is 4.74 Å². The molecule has 0 rings (SSSR count). The van der Waals surface area contributed by atoms with E-state index in [1.807, 2.05) is 27.0 Å². The largest absolute Gasteiger partial charge is 0.378 e. The normalized spacial score (nSPS) is 15.5. The lowest BCUT2D eigenvalue weighted by atomic mass is 10.2. The van der Waals surface area contributed by atoms with Gasteiger partial charge >= 0.3 is 0 Å². The van der Waals surface area contributed by atoms with Crippen molar-refractivity contribution in [3.63, 3.8) is 0 Å². The van der Waals surface area contributed by atoms with Crippen molar-refractivity contribution in [3.05, 3.63) is 23.8 Å². The molecule has 0 aliphatic heterocycles. The molecule has 0 amide bonds. The summed E-state index contributed by atoms with van der Waals surface area (Å²) in [6.45, 7) is 4.96. The number of methoxy groups -OCH3 is 1. The highest BCUT2D eigenvalue weighted by Gasteiger charge is 1.92. The summed E-state index contributed by atoms with van der Waals surface area (Å²) < 4.78 is 5.09. The highest BCUT2D eigenvalue weighted by Crippen LogP contribution is 1.98. The molecular formula is C10H19NO. The predicted octanol–water partition coefficient (Wildman–Crippen LogP) is 1.74. The van der Waals surface area contributed by atoms with Crippen LogP contribution in [-0.4, -0.2) is 26.8 Å². The van der Waals surface area contributed by atoms with Crippen LogP contribution in [0.25, 0.3) is 0 Å². The third kappa shape index (κ3) is 5.10. The Morgan fingerprint density at radius 2 is 2.25 bits per heavy atom. The highest BCUT2D eigenvalue weighted by molar-refractivity contribution is 5.20. The average Bonchev–Trinajstić information content (AvgIpc) is 2.11. The van der Waals surface area contributed by atoms with E-state index in [1.165, 1.54) is 5.57 Å². The van der Waals surface area contributed by atoms with E-state index in [-0.39, 0.29) is 6.10 Å². The number of nitrogens with one attached hydrogen (secondary N) is 1. The van der Waals surface area contributed by atoms with Crippen LogP contribution in [0, 0.1) is 0 Å². The van der Waals surface area contributed by atoms with Crippen molar-refractivity contribution in [2.45, 2.75) is 20.0 Å². The van der Waals surface area contributed by atoms with Crippen LogP contribution in [0.4, 0.5) is 0 Å². The summed E-state index contributed by atoms with van der Waals surface area (Å²) in [6, 6.07) is 0. The van der Waals surface area contributed by atoms with Crippen LogP contribution < -0.4 is 5.32 Å². The zero-order chi connectivity index (χ0) is 9.40. The minimum Gasteiger partial charge on any atom is -0.378 e. The fourth-order valence-corrected chi connectivity index (χ4v) is 0.799. The number of hydrogen-bond donors (Lipinski definition) is 1. The molecule has 70 valence electrons. The average molecular weight is 169 g/mol. The fraction of sp³-hybridized carbons (Fsp3) is 0.600. The first-order chi connectivity index (χ1) is 5.74. The van der Waals surface area contributed by atoms with E-state index >= 15 is 0 Å². The van der Waals surface area contributed by atoms with Gasteiger partial charge in [-0.15, -0.1) is 0 Å². The van der Waals surface area contributed by atoms with Crippen molar-refractivity contribution in [1.29, 1.82) is 0 Å². The molecule has 0 aromatic carbocycles. The first-order valence-corrected chi connectivity index (χ1v) is 4.25. The van der Waals surface area contributed by atoms with E-state index in [4.69, 9.17) is 4.74 Å². The smallest absolute Gasteiger partial charge is 0.0727 e. The molecule has 0 radical (unpaired) electrons. The van der Waals surface area contributed by atoms with Gasteiger partial charge in [0.1, 0.15) is 0 Å². The molecule has 1 N–H and O–H groups in total. The van der Waals surface area contributed by atoms with Gasteiger partial charge in [0.2, 0.25) is 0 Å². The maximum absolute atomic E-state index is 5.09. The molecule has 0 saturated heterocycles. The highest BCUT2D eigenvalue weighted by atomic mass is 16.5. The SMILES string of the molecule is C/C=C(\C=C/C(C)OC)CNC. The molecule has 0 bridgehead atoms. The van der Waals surface area contributed by atoms with E-state index in [0.29, 0.717) is 0 Å². The Labute approximate surface area is 75.3 Å². The monoisotopic (exact) mass is 169 g/mol. The third-order valence-corrected chi connectivity index (χ3v) is 1.70. The van der Waals surface area contributed by atoms with Crippen LogP contribution in [-0.2, 0) is 4.74 Å². The Kier molecular flexibility index (Phi) is 6.72. The van der Waals surface area contributed by atoms with E-state index in [9.17, 15) is 0 Å². The summed E-state index contributed by atoms with van der Waals surface area (Å²) in [5.74, 6) is 0. The van der Waals surface area contributed by atoms with Gasteiger partial charge in [0.25, 0.3) is 0 Å². The quantitative estimate of drug-likeness (QED) is 0.633. The summed E-state index contributed by atoms with van der Waals surface area (Å²) >= 11 is 0. The molecule has 0 saturated carbocycles. The first kappa shape index (κ1) is 11.4. The molecule has 0 aromatic heterocycles. The molecule has 2 heteroatoms. The Bertz CT molecular complexity index is 161. The fourth-order valence-electron chi connectivity index (χ4n) is 0.799. The summed E-state index contributed by atoms with van der Waals surface area (Å²) in [4.78, 5) is 0. The Balaban J connectivity index is 3.93. The third-order valence-electron chi connectivity index (χ3n) is 1.70. The molecule has 2 nitrogen and oxygen atoms in total. The van der Waals surface area contributed by atoms with Crippen molar-refractivity contribution >= 4 is 0 Å². The van der Waals surface area contributed by atoms with Gasteiger partial charge in [-0.05, 0) is 26.5 Å². The van der Waals surface area contributed by atoms with Crippen molar-refractivity contribution in [1.82, 2.24) is 5.32 Å². The molecule has 0 aromatic rings. The number of likely N-dealkylation sites (N-methyl/N-ethyl adjacent to an activating group) is 1. The standard InChI is InChI=1S/C10H19NO/c1-5-10(8-11-3)7-6-9(2)12-4/h5-7,9,11H,8H2,1-4H3/b7-6-,10-5+. The van der Waals surface area contributed by atoms with Gasteiger partial charge in [0.05, 0.1) is 6.10 Å². The maximum atomic E-state index is 5.09. The van der Waals surface area contributed by atoms with Crippen LogP contribution in [0.2, 0.25) is 0 Å². The maximum Gasteiger partial charge on any atom is 0.0727 e. The zero-order valence-corrected chi connectivity index (χ0v) is 8.42. The Morgan fingerprint density at radius 1 is 1.58 bits per heavy atom. The second kappa shape index (κ2) is 7.07. The van der Waals surface area contributed by atoms with Gasteiger partial charge in [-0.25, -0.2) is 0 Å². The number of hydrogen-bond acceptors (Lipinski definition) is 2. The summed E-state index contributed by atoms with van der Waals surface area (Å²) in [6.07, 6.45) is 6.42. The van der Waals surface area contributed by atoms with Crippen molar-refractivity contribution in [2.24, 2.45) is 0 Å². The van der Waals surface area contributed by atoms with Gasteiger partial charge in [-0.2, -0.15) is 0 Å².